The molecular weight excluding hydrogens is 558 g/mol. The van der Waals surface area contributed by atoms with Crippen molar-refractivity contribution in [3.8, 4) is 5.75 Å². The summed E-state index contributed by atoms with van der Waals surface area (Å²) in [5.74, 6) is -4.46. The Morgan fingerprint density at radius 1 is 0.878 bits per heavy atom. The number of benzene rings is 1. The van der Waals surface area contributed by atoms with E-state index in [2.05, 4.69) is 20.9 Å². The van der Waals surface area contributed by atoms with Crippen LogP contribution in [0.5, 0.6) is 5.75 Å². The number of hydrogen-bond acceptors (Lipinski definition) is 9. The highest BCUT2D eigenvalue weighted by atomic mass is 32.2. The van der Waals surface area contributed by atoms with Crippen LogP contribution in [0.4, 0.5) is 0 Å². The molecule has 0 aliphatic rings. The van der Waals surface area contributed by atoms with E-state index in [1.807, 2.05) is 0 Å². The van der Waals surface area contributed by atoms with Crippen molar-refractivity contribution in [2.24, 2.45) is 22.2 Å². The molecule has 0 heterocycles. The van der Waals surface area contributed by atoms with Crippen molar-refractivity contribution < 1.29 is 39.3 Å². The highest BCUT2D eigenvalue weighted by Gasteiger charge is 2.30. The highest BCUT2D eigenvalue weighted by molar-refractivity contribution is 7.98. The zero-order valence-corrected chi connectivity index (χ0v) is 23.6. The van der Waals surface area contributed by atoms with Crippen LogP contribution in [0.1, 0.15) is 37.7 Å². The summed E-state index contributed by atoms with van der Waals surface area (Å²) in [6, 6.07) is 1.17. The van der Waals surface area contributed by atoms with Gasteiger partial charge >= 0.3 is 11.9 Å². The lowest BCUT2D eigenvalue weighted by Crippen LogP contribution is -2.57. The van der Waals surface area contributed by atoms with Crippen LogP contribution in [-0.4, -0.2) is 93.7 Å². The van der Waals surface area contributed by atoms with Gasteiger partial charge in [-0.15, -0.1) is 0 Å². The topological polar surface area (TPSA) is 273 Å². The molecular formula is C25H39N7O8S. The number of rotatable bonds is 19. The average molecular weight is 598 g/mol. The van der Waals surface area contributed by atoms with Crippen molar-refractivity contribution in [1.29, 1.82) is 0 Å². The van der Waals surface area contributed by atoms with Crippen molar-refractivity contribution in [1.82, 2.24) is 16.0 Å². The van der Waals surface area contributed by atoms with Gasteiger partial charge in [0.2, 0.25) is 17.7 Å². The molecule has 1 aromatic rings. The Labute approximate surface area is 241 Å². The number of hydrogen-bond donors (Lipinski definition) is 9. The van der Waals surface area contributed by atoms with Gasteiger partial charge < -0.3 is 48.5 Å². The molecule has 16 heteroatoms. The highest BCUT2D eigenvalue weighted by Crippen LogP contribution is 2.11. The van der Waals surface area contributed by atoms with Crippen LogP contribution in [0.25, 0.3) is 0 Å². The lowest BCUT2D eigenvalue weighted by atomic mass is 10.0. The smallest absolute Gasteiger partial charge is 0.326 e. The third-order valence-corrected chi connectivity index (χ3v) is 6.46. The Hall–Kier alpha value is -4.05. The molecule has 228 valence electrons. The molecule has 4 unspecified atom stereocenters. The Morgan fingerprint density at radius 2 is 1.44 bits per heavy atom. The van der Waals surface area contributed by atoms with Gasteiger partial charge in [-0.2, -0.15) is 11.8 Å². The molecule has 15 nitrogen and oxygen atoms in total. The van der Waals surface area contributed by atoms with Crippen LogP contribution in [-0.2, 0) is 30.4 Å². The van der Waals surface area contributed by atoms with Crippen LogP contribution in [0.2, 0.25) is 0 Å². The summed E-state index contributed by atoms with van der Waals surface area (Å²) in [7, 11) is 0. The monoisotopic (exact) mass is 597 g/mol. The SMILES string of the molecule is CSCCC(NC(=O)C(CCC(=O)O)NC(=O)C(N)Cc1ccc(O)cc1)C(=O)NC(CCCN=C(N)N)C(=O)O. The molecule has 0 aliphatic carbocycles. The fourth-order valence-corrected chi connectivity index (χ4v) is 4.08. The van der Waals surface area contributed by atoms with E-state index in [0.29, 0.717) is 11.3 Å². The van der Waals surface area contributed by atoms with E-state index in [9.17, 15) is 34.2 Å². The minimum atomic E-state index is -1.33. The summed E-state index contributed by atoms with van der Waals surface area (Å²) in [6.07, 6.45) is 1.56. The summed E-state index contributed by atoms with van der Waals surface area (Å²) in [5.41, 5.74) is 17.2. The van der Waals surface area contributed by atoms with Gasteiger partial charge in [-0.05, 0) is 61.8 Å². The third kappa shape index (κ3) is 14.2. The maximum atomic E-state index is 13.2. The minimum absolute atomic E-state index is 0.0251. The number of aliphatic imine (C=N–C) groups is 1. The van der Waals surface area contributed by atoms with E-state index in [1.165, 1.54) is 23.9 Å². The Kier molecular flexibility index (Phi) is 15.6. The van der Waals surface area contributed by atoms with Crippen LogP contribution in [0.15, 0.2) is 29.3 Å². The number of aliphatic carboxylic acids is 2. The zero-order chi connectivity index (χ0) is 30.9. The molecule has 3 amide bonds. The maximum Gasteiger partial charge on any atom is 0.326 e. The fourth-order valence-electron chi connectivity index (χ4n) is 3.60. The minimum Gasteiger partial charge on any atom is -0.508 e. The fraction of sp³-hybridized carbons (Fsp3) is 0.520. The molecule has 1 rings (SSSR count). The molecule has 12 N–H and O–H groups in total. The van der Waals surface area contributed by atoms with Crippen molar-refractivity contribution in [2.45, 2.75) is 62.7 Å². The Balaban J connectivity index is 2.96. The number of aromatic hydroxyl groups is 1. The van der Waals surface area contributed by atoms with Gasteiger partial charge in [-0.25, -0.2) is 4.79 Å². The number of phenolic OH excluding ortho intramolecular Hbond substituents is 1. The lowest BCUT2D eigenvalue weighted by Gasteiger charge is -2.25. The number of carboxylic acid groups (broad SMARTS) is 2. The molecule has 0 spiro atoms. The lowest BCUT2D eigenvalue weighted by molar-refractivity contribution is -0.142. The second-order valence-electron chi connectivity index (χ2n) is 9.16. The second-order valence-corrected chi connectivity index (χ2v) is 10.1. The quantitative estimate of drug-likeness (QED) is 0.0499. The predicted octanol–water partition coefficient (Wildman–Crippen LogP) is -1.53. The Bertz CT molecular complexity index is 1070. The maximum absolute atomic E-state index is 13.2. The number of amides is 3. The molecule has 0 aromatic heterocycles. The third-order valence-electron chi connectivity index (χ3n) is 5.81. The molecule has 0 saturated carbocycles. The number of guanidine groups is 1. The summed E-state index contributed by atoms with van der Waals surface area (Å²) in [6.45, 7) is 0.161. The van der Waals surface area contributed by atoms with Gasteiger partial charge in [0, 0.05) is 13.0 Å². The number of carbonyl (C=O) groups excluding carboxylic acids is 3. The number of nitrogens with two attached hydrogens (primary N) is 3. The van der Waals surface area contributed by atoms with Crippen molar-refractivity contribution in [2.75, 3.05) is 18.6 Å². The van der Waals surface area contributed by atoms with Crippen molar-refractivity contribution >= 4 is 47.4 Å². The molecule has 1 aromatic carbocycles. The number of thioether (sulfide) groups is 1. The predicted molar refractivity (Wildman–Crippen MR) is 153 cm³/mol. The van der Waals surface area contributed by atoms with Gasteiger partial charge in [0.1, 0.15) is 23.9 Å². The van der Waals surface area contributed by atoms with E-state index in [0.717, 1.165) is 0 Å². The van der Waals surface area contributed by atoms with Gasteiger partial charge in [0.25, 0.3) is 0 Å². The van der Waals surface area contributed by atoms with E-state index < -0.39 is 60.2 Å². The zero-order valence-electron chi connectivity index (χ0n) is 22.7. The number of carbonyl (C=O) groups is 5. The molecule has 0 fully saturated rings. The first-order chi connectivity index (χ1) is 19.3. The molecule has 0 bridgehead atoms. The van der Waals surface area contributed by atoms with Crippen LogP contribution in [0.3, 0.4) is 0 Å². The molecule has 0 radical (unpaired) electrons. The molecule has 0 saturated heterocycles. The Morgan fingerprint density at radius 3 is 1.98 bits per heavy atom. The van der Waals surface area contributed by atoms with Gasteiger partial charge in [-0.1, -0.05) is 12.1 Å². The number of phenols is 1. The molecule has 0 aliphatic heterocycles. The summed E-state index contributed by atoms with van der Waals surface area (Å²) in [4.78, 5) is 65.6. The largest absolute Gasteiger partial charge is 0.508 e. The summed E-state index contributed by atoms with van der Waals surface area (Å²) < 4.78 is 0. The standard InChI is InChI=1S/C25H39N7O8S/c1-41-12-10-18(23(38)32-19(24(39)40)3-2-11-29-25(27)28)31-22(37)17(8-9-20(34)35)30-21(36)16(26)13-14-4-6-15(33)7-5-14/h4-7,16-19,33H,2-3,8-13,26H2,1H3,(H,30,36)(H,31,37)(H,32,38)(H,34,35)(H,39,40)(H4,27,28,29). The van der Waals surface area contributed by atoms with Crippen molar-refractivity contribution in [3.63, 3.8) is 0 Å². The summed E-state index contributed by atoms with van der Waals surface area (Å²) in [5, 5.41) is 35.4. The average Bonchev–Trinajstić information content (AvgIpc) is 2.90. The van der Waals surface area contributed by atoms with Crippen LogP contribution < -0.4 is 33.2 Å². The van der Waals surface area contributed by atoms with Crippen LogP contribution in [0, 0.1) is 0 Å². The molecule has 4 atom stereocenters. The molecule has 41 heavy (non-hydrogen) atoms. The van der Waals surface area contributed by atoms with E-state index in [4.69, 9.17) is 22.3 Å². The first-order valence-corrected chi connectivity index (χ1v) is 14.2. The van der Waals surface area contributed by atoms with Gasteiger partial charge in [0.15, 0.2) is 5.96 Å². The normalized spacial score (nSPS) is 13.6. The second kappa shape index (κ2) is 18.3. The van der Waals surface area contributed by atoms with Gasteiger partial charge in [-0.3, -0.25) is 24.2 Å². The van der Waals surface area contributed by atoms with Gasteiger partial charge in [0.05, 0.1) is 6.04 Å². The number of carboxylic acids is 2. The van der Waals surface area contributed by atoms with Crippen LogP contribution >= 0.6 is 11.8 Å². The van der Waals surface area contributed by atoms with E-state index in [1.54, 1.807) is 18.4 Å². The van der Waals surface area contributed by atoms with E-state index >= 15 is 0 Å². The number of nitrogens with zero attached hydrogens (tertiary/aromatic N) is 1. The first kappa shape index (κ1) is 35.0. The number of nitrogens with one attached hydrogen (secondary N) is 3. The van der Waals surface area contributed by atoms with E-state index in [-0.39, 0.29) is 50.4 Å². The first-order valence-electron chi connectivity index (χ1n) is 12.8. The summed E-state index contributed by atoms with van der Waals surface area (Å²) >= 11 is 1.39. The van der Waals surface area contributed by atoms with Crippen molar-refractivity contribution in [3.05, 3.63) is 29.8 Å².